The zero-order chi connectivity index (χ0) is 9.19. The Labute approximate surface area is 69.8 Å². The minimum atomic E-state index is -3.07. The Morgan fingerprint density at radius 1 is 1.67 bits per heavy atom. The molecule has 1 heterocycles. The monoisotopic (exact) mass is 192 g/mol. The van der Waals surface area contributed by atoms with Gasteiger partial charge in [-0.1, -0.05) is 0 Å². The van der Waals surface area contributed by atoms with E-state index in [1.165, 1.54) is 14.2 Å². The van der Waals surface area contributed by atoms with Gasteiger partial charge in [-0.15, -0.1) is 0 Å². The van der Waals surface area contributed by atoms with Crippen LogP contribution in [0.15, 0.2) is 11.8 Å². The van der Waals surface area contributed by atoms with Gasteiger partial charge in [0.25, 0.3) is 0 Å². The average Bonchev–Trinajstić information content (AvgIpc) is 2.48. The van der Waals surface area contributed by atoms with Crippen molar-refractivity contribution in [3.8, 4) is 0 Å². The number of esters is 1. The van der Waals surface area contributed by atoms with Crippen LogP contribution in [0, 0.1) is 0 Å². The maximum Gasteiger partial charge on any atom is 0.383 e. The number of carbonyl (C=O) groups excluding carboxylic acids is 1. The zero-order valence-corrected chi connectivity index (χ0v) is 7.67. The third-order valence-electron chi connectivity index (χ3n) is 1.45. The van der Waals surface area contributed by atoms with Crippen LogP contribution in [0.4, 0.5) is 0 Å². The number of methoxy groups -OCH3 is 1. The maximum absolute atomic E-state index is 11.3. The lowest BCUT2D eigenvalue weighted by Crippen LogP contribution is -2.05. The molecule has 0 amide bonds. The van der Waals surface area contributed by atoms with E-state index in [9.17, 15) is 9.36 Å². The molecule has 0 saturated heterocycles. The molecule has 0 aromatic heterocycles. The molecule has 6 heteroatoms. The minimum Gasteiger partial charge on any atom is -0.466 e. The van der Waals surface area contributed by atoms with Crippen LogP contribution in [0.2, 0.25) is 0 Å². The van der Waals surface area contributed by atoms with Crippen molar-refractivity contribution in [3.05, 3.63) is 11.8 Å². The van der Waals surface area contributed by atoms with E-state index >= 15 is 0 Å². The van der Waals surface area contributed by atoms with Crippen molar-refractivity contribution in [2.24, 2.45) is 0 Å². The van der Waals surface area contributed by atoms with Crippen LogP contribution in [-0.2, 0) is 23.1 Å². The molecular weight excluding hydrogens is 183 g/mol. The summed E-state index contributed by atoms with van der Waals surface area (Å²) < 4.78 is 25.0. The summed E-state index contributed by atoms with van der Waals surface area (Å²) in [6.45, 7) is 0. The van der Waals surface area contributed by atoms with Crippen molar-refractivity contribution in [1.29, 1.82) is 0 Å². The highest BCUT2D eigenvalue weighted by molar-refractivity contribution is 7.54. The van der Waals surface area contributed by atoms with Gasteiger partial charge in [0.2, 0.25) is 0 Å². The minimum absolute atomic E-state index is 0.0177. The van der Waals surface area contributed by atoms with Gasteiger partial charge in [0, 0.05) is 7.11 Å². The molecule has 1 rings (SSSR count). The summed E-state index contributed by atoms with van der Waals surface area (Å²) in [5.41, 5.74) is 0.239. The molecule has 5 nitrogen and oxygen atoms in total. The average molecular weight is 192 g/mol. The molecule has 68 valence electrons. The van der Waals surface area contributed by atoms with E-state index in [-0.39, 0.29) is 11.7 Å². The SMILES string of the molecule is COC(=O)C1=COP(=O)(OC)C1. The van der Waals surface area contributed by atoms with Crippen molar-refractivity contribution in [1.82, 2.24) is 0 Å². The van der Waals surface area contributed by atoms with Crippen LogP contribution in [0.3, 0.4) is 0 Å². The lowest BCUT2D eigenvalue weighted by atomic mass is 10.3. The number of hydrogen-bond acceptors (Lipinski definition) is 5. The van der Waals surface area contributed by atoms with Gasteiger partial charge in [0.05, 0.1) is 18.8 Å². The zero-order valence-electron chi connectivity index (χ0n) is 6.77. The Morgan fingerprint density at radius 3 is 2.75 bits per heavy atom. The fraction of sp³-hybridized carbons (Fsp3) is 0.500. The van der Waals surface area contributed by atoms with Crippen LogP contribution in [0.25, 0.3) is 0 Å². The molecule has 0 saturated carbocycles. The Hall–Kier alpha value is -0.800. The van der Waals surface area contributed by atoms with E-state index in [0.717, 1.165) is 6.26 Å². The standard InChI is InChI=1S/C6H9O5P/c1-9-6(7)5-3-11-12(8,4-5)10-2/h3H,4H2,1-2H3. The van der Waals surface area contributed by atoms with Gasteiger partial charge in [-0.25, -0.2) is 9.36 Å². The Balaban J connectivity index is 2.66. The second kappa shape index (κ2) is 3.29. The fourth-order valence-electron chi connectivity index (χ4n) is 0.778. The first kappa shape index (κ1) is 9.29. The molecule has 0 spiro atoms. The van der Waals surface area contributed by atoms with Gasteiger partial charge in [-0.3, -0.25) is 0 Å². The van der Waals surface area contributed by atoms with Crippen molar-refractivity contribution in [2.75, 3.05) is 20.4 Å². The quantitative estimate of drug-likeness (QED) is 0.480. The number of ether oxygens (including phenoxy) is 1. The summed E-state index contributed by atoms with van der Waals surface area (Å²) in [5.74, 6) is -0.537. The summed E-state index contributed by atoms with van der Waals surface area (Å²) in [7, 11) is -0.546. The van der Waals surface area contributed by atoms with Crippen LogP contribution in [0.5, 0.6) is 0 Å². The molecule has 0 radical (unpaired) electrons. The third kappa shape index (κ3) is 1.68. The summed E-state index contributed by atoms with van der Waals surface area (Å²) >= 11 is 0. The molecule has 1 atom stereocenters. The predicted molar refractivity (Wildman–Crippen MR) is 40.7 cm³/mol. The summed E-state index contributed by atoms with van der Waals surface area (Å²) in [6.07, 6.45) is 1.10. The fourth-order valence-corrected chi connectivity index (χ4v) is 1.98. The molecule has 0 fully saturated rings. The predicted octanol–water partition coefficient (Wildman–Crippen LogP) is 0.913. The molecule has 0 aliphatic carbocycles. The number of rotatable bonds is 2. The van der Waals surface area contributed by atoms with Gasteiger partial charge in [-0.2, -0.15) is 0 Å². The summed E-state index contributed by atoms with van der Waals surface area (Å²) in [6, 6.07) is 0. The van der Waals surface area contributed by atoms with E-state index in [1.807, 2.05) is 0 Å². The second-order valence-corrected chi connectivity index (χ2v) is 4.31. The largest absolute Gasteiger partial charge is 0.466 e. The first-order valence-electron chi connectivity index (χ1n) is 3.22. The Bertz CT molecular complexity index is 269. The normalized spacial score (nSPS) is 27.7. The first-order chi connectivity index (χ1) is 5.61. The highest BCUT2D eigenvalue weighted by atomic mass is 31.2. The molecule has 0 bridgehead atoms. The molecule has 0 aromatic rings. The lowest BCUT2D eigenvalue weighted by Gasteiger charge is -2.06. The van der Waals surface area contributed by atoms with E-state index in [4.69, 9.17) is 4.52 Å². The van der Waals surface area contributed by atoms with Gasteiger partial charge < -0.3 is 13.8 Å². The van der Waals surface area contributed by atoms with Crippen LogP contribution in [-0.4, -0.2) is 26.4 Å². The van der Waals surface area contributed by atoms with Crippen LogP contribution in [0.1, 0.15) is 0 Å². The molecule has 1 aliphatic heterocycles. The van der Waals surface area contributed by atoms with E-state index in [0.29, 0.717) is 0 Å². The van der Waals surface area contributed by atoms with Gasteiger partial charge in [0.1, 0.15) is 6.26 Å². The molecule has 1 unspecified atom stereocenters. The molecule has 0 aromatic carbocycles. The van der Waals surface area contributed by atoms with Gasteiger partial charge >= 0.3 is 13.6 Å². The van der Waals surface area contributed by atoms with Crippen molar-refractivity contribution in [2.45, 2.75) is 0 Å². The van der Waals surface area contributed by atoms with Gasteiger partial charge in [-0.05, 0) is 0 Å². The number of hydrogen-bond donors (Lipinski definition) is 0. The lowest BCUT2D eigenvalue weighted by molar-refractivity contribution is -0.136. The molecule has 12 heavy (non-hydrogen) atoms. The molecule has 0 N–H and O–H groups in total. The van der Waals surface area contributed by atoms with Crippen molar-refractivity contribution in [3.63, 3.8) is 0 Å². The Morgan fingerprint density at radius 2 is 2.33 bits per heavy atom. The molecular formula is C6H9O5P. The highest BCUT2D eigenvalue weighted by Gasteiger charge is 2.34. The van der Waals surface area contributed by atoms with Gasteiger partial charge in [0.15, 0.2) is 0 Å². The number of carbonyl (C=O) groups is 1. The Kier molecular flexibility index (Phi) is 2.55. The van der Waals surface area contributed by atoms with E-state index < -0.39 is 13.6 Å². The smallest absolute Gasteiger partial charge is 0.383 e. The van der Waals surface area contributed by atoms with Crippen LogP contribution >= 0.6 is 7.60 Å². The highest BCUT2D eigenvalue weighted by Crippen LogP contribution is 2.53. The topological polar surface area (TPSA) is 61.8 Å². The van der Waals surface area contributed by atoms with Crippen molar-refractivity contribution >= 4 is 13.6 Å². The van der Waals surface area contributed by atoms with Crippen molar-refractivity contribution < 1.29 is 23.1 Å². The van der Waals surface area contributed by atoms with E-state index in [1.54, 1.807) is 0 Å². The maximum atomic E-state index is 11.3. The second-order valence-electron chi connectivity index (χ2n) is 2.19. The van der Waals surface area contributed by atoms with Crippen LogP contribution < -0.4 is 0 Å². The van der Waals surface area contributed by atoms with E-state index in [2.05, 4.69) is 9.26 Å². The summed E-state index contributed by atoms with van der Waals surface area (Å²) in [5, 5.41) is 0. The third-order valence-corrected chi connectivity index (χ3v) is 3.16. The first-order valence-corrected chi connectivity index (χ1v) is 4.94. The molecule has 1 aliphatic rings. The summed E-state index contributed by atoms with van der Waals surface area (Å²) in [4.78, 5) is 10.9.